The van der Waals surface area contributed by atoms with E-state index in [9.17, 15) is 9.18 Å². The number of hydrogen-bond acceptors (Lipinski definition) is 3. The first kappa shape index (κ1) is 21.2. The molecule has 0 aliphatic heterocycles. The zero-order valence-electron chi connectivity index (χ0n) is 16.3. The highest BCUT2D eigenvalue weighted by Crippen LogP contribution is 2.10. The number of ether oxygens (including phenoxy) is 1. The van der Waals surface area contributed by atoms with Gasteiger partial charge in [0.15, 0.2) is 5.96 Å². The van der Waals surface area contributed by atoms with Crippen molar-refractivity contribution in [2.75, 3.05) is 26.7 Å². The lowest BCUT2D eigenvalue weighted by Crippen LogP contribution is -2.39. The van der Waals surface area contributed by atoms with E-state index in [0.29, 0.717) is 37.6 Å². The Morgan fingerprint density at radius 3 is 2.50 bits per heavy atom. The van der Waals surface area contributed by atoms with Crippen molar-refractivity contribution in [3.05, 3.63) is 65.5 Å². The van der Waals surface area contributed by atoms with Gasteiger partial charge in [0.1, 0.15) is 18.1 Å². The summed E-state index contributed by atoms with van der Waals surface area (Å²) in [7, 11) is 1.61. The van der Waals surface area contributed by atoms with Crippen molar-refractivity contribution in [1.82, 2.24) is 16.0 Å². The number of benzene rings is 2. The van der Waals surface area contributed by atoms with Gasteiger partial charge in [-0.15, -0.1) is 0 Å². The number of halogens is 1. The largest absolute Gasteiger partial charge is 0.497 e. The van der Waals surface area contributed by atoms with Crippen molar-refractivity contribution in [1.29, 1.82) is 0 Å². The lowest BCUT2D eigenvalue weighted by atomic mass is 10.1. The molecule has 0 aliphatic rings. The molecule has 0 heterocycles. The van der Waals surface area contributed by atoms with Crippen LogP contribution in [0.5, 0.6) is 5.75 Å². The van der Waals surface area contributed by atoms with Crippen molar-refractivity contribution in [2.45, 2.75) is 19.9 Å². The van der Waals surface area contributed by atoms with Crippen molar-refractivity contribution < 1.29 is 13.9 Å². The van der Waals surface area contributed by atoms with Gasteiger partial charge in [0.2, 0.25) is 5.91 Å². The van der Waals surface area contributed by atoms with Crippen molar-refractivity contribution in [2.24, 2.45) is 4.99 Å². The molecule has 28 heavy (non-hydrogen) atoms. The molecule has 0 unspecified atom stereocenters. The molecule has 0 atom stereocenters. The van der Waals surface area contributed by atoms with Gasteiger partial charge >= 0.3 is 0 Å². The highest BCUT2D eigenvalue weighted by Gasteiger charge is 2.04. The van der Waals surface area contributed by atoms with Gasteiger partial charge in [-0.05, 0) is 42.7 Å². The van der Waals surface area contributed by atoms with Gasteiger partial charge in [0, 0.05) is 19.6 Å². The molecule has 0 saturated heterocycles. The SMILES string of the molecule is CCNC(=NCC(=O)NCc1ccc(OC)cc1)NCCc1ccccc1F. The summed E-state index contributed by atoms with van der Waals surface area (Å²) >= 11 is 0. The number of carbonyl (C=O) groups excluding carboxylic acids is 1. The molecule has 6 nitrogen and oxygen atoms in total. The van der Waals surface area contributed by atoms with Crippen LogP contribution in [0, 0.1) is 5.82 Å². The van der Waals surface area contributed by atoms with Crippen LogP contribution < -0.4 is 20.7 Å². The summed E-state index contributed by atoms with van der Waals surface area (Å²) < 4.78 is 18.8. The van der Waals surface area contributed by atoms with Crippen molar-refractivity contribution in [3.8, 4) is 5.75 Å². The second kappa shape index (κ2) is 11.6. The molecule has 2 aromatic carbocycles. The summed E-state index contributed by atoms with van der Waals surface area (Å²) in [6, 6.07) is 14.2. The van der Waals surface area contributed by atoms with Gasteiger partial charge in [0.25, 0.3) is 0 Å². The Balaban J connectivity index is 1.78. The van der Waals surface area contributed by atoms with E-state index < -0.39 is 0 Å². The number of aliphatic imine (C=N–C) groups is 1. The Morgan fingerprint density at radius 1 is 1.07 bits per heavy atom. The van der Waals surface area contributed by atoms with Crippen LogP contribution in [-0.4, -0.2) is 38.6 Å². The van der Waals surface area contributed by atoms with Crippen LogP contribution in [0.25, 0.3) is 0 Å². The molecule has 150 valence electrons. The van der Waals surface area contributed by atoms with Gasteiger partial charge in [-0.2, -0.15) is 0 Å². The molecular weight excluding hydrogens is 359 g/mol. The average Bonchev–Trinajstić information content (AvgIpc) is 2.72. The average molecular weight is 386 g/mol. The minimum absolute atomic E-state index is 0.00514. The Morgan fingerprint density at radius 2 is 1.82 bits per heavy atom. The second-order valence-corrected chi connectivity index (χ2v) is 6.09. The van der Waals surface area contributed by atoms with Gasteiger partial charge in [-0.25, -0.2) is 9.38 Å². The zero-order chi connectivity index (χ0) is 20.2. The molecule has 0 bridgehead atoms. The summed E-state index contributed by atoms with van der Waals surface area (Å²) in [5.74, 6) is 0.904. The number of nitrogens with one attached hydrogen (secondary N) is 3. The predicted molar refractivity (Wildman–Crippen MR) is 109 cm³/mol. The Labute approximate surface area is 165 Å². The maximum absolute atomic E-state index is 13.6. The van der Waals surface area contributed by atoms with Crippen LogP contribution in [0.1, 0.15) is 18.1 Å². The standard InChI is InChI=1S/C21H27FN4O2/c1-3-23-21(24-13-12-17-6-4-5-7-19(17)22)26-15-20(27)25-14-16-8-10-18(28-2)11-9-16/h4-11H,3,12-15H2,1-2H3,(H,25,27)(H2,23,24,26). The molecule has 2 aromatic rings. The number of amides is 1. The minimum atomic E-state index is -0.218. The molecule has 0 radical (unpaired) electrons. The molecule has 1 amide bonds. The molecule has 3 N–H and O–H groups in total. The summed E-state index contributed by atoms with van der Waals surface area (Å²) in [5.41, 5.74) is 1.62. The first-order chi connectivity index (χ1) is 13.6. The monoisotopic (exact) mass is 386 g/mol. The quantitative estimate of drug-likeness (QED) is 0.456. The predicted octanol–water partition coefficient (Wildman–Crippen LogP) is 2.25. The van der Waals surface area contributed by atoms with E-state index >= 15 is 0 Å². The molecule has 2 rings (SSSR count). The Bertz CT molecular complexity index is 778. The van der Waals surface area contributed by atoms with E-state index in [1.54, 1.807) is 19.2 Å². The topological polar surface area (TPSA) is 74.8 Å². The van der Waals surface area contributed by atoms with E-state index in [0.717, 1.165) is 11.3 Å². The lowest BCUT2D eigenvalue weighted by Gasteiger charge is -2.11. The molecule has 7 heteroatoms. The Hall–Kier alpha value is -3.09. The Kier molecular flexibility index (Phi) is 8.78. The zero-order valence-corrected chi connectivity index (χ0v) is 16.3. The number of guanidine groups is 1. The summed E-state index contributed by atoms with van der Waals surface area (Å²) in [5, 5.41) is 9.02. The van der Waals surface area contributed by atoms with Crippen molar-refractivity contribution >= 4 is 11.9 Å². The van der Waals surface area contributed by atoms with Crippen LogP contribution in [0.3, 0.4) is 0 Å². The lowest BCUT2D eigenvalue weighted by molar-refractivity contribution is -0.119. The van der Waals surface area contributed by atoms with E-state index in [1.165, 1.54) is 6.07 Å². The summed E-state index contributed by atoms with van der Waals surface area (Å²) in [6.07, 6.45) is 0.529. The van der Waals surface area contributed by atoms with Crippen molar-refractivity contribution in [3.63, 3.8) is 0 Å². The second-order valence-electron chi connectivity index (χ2n) is 6.09. The van der Waals surface area contributed by atoms with Crippen LogP contribution in [0.2, 0.25) is 0 Å². The molecule has 0 aliphatic carbocycles. The van der Waals surface area contributed by atoms with Crippen LogP contribution in [0.15, 0.2) is 53.5 Å². The number of carbonyl (C=O) groups is 1. The fourth-order valence-corrected chi connectivity index (χ4v) is 2.51. The van der Waals surface area contributed by atoms with E-state index in [-0.39, 0.29) is 18.3 Å². The molecule has 0 spiro atoms. The van der Waals surface area contributed by atoms with Gasteiger partial charge in [-0.3, -0.25) is 4.79 Å². The number of hydrogen-bond donors (Lipinski definition) is 3. The summed E-state index contributed by atoms with van der Waals surface area (Å²) in [4.78, 5) is 16.3. The third-order valence-corrected chi connectivity index (χ3v) is 4.02. The smallest absolute Gasteiger partial charge is 0.242 e. The molecule has 0 fully saturated rings. The van der Waals surface area contributed by atoms with E-state index in [2.05, 4.69) is 20.9 Å². The van der Waals surface area contributed by atoms with Gasteiger partial charge in [0.05, 0.1) is 7.11 Å². The third kappa shape index (κ3) is 7.26. The fourth-order valence-electron chi connectivity index (χ4n) is 2.51. The van der Waals surface area contributed by atoms with Gasteiger partial charge in [-0.1, -0.05) is 30.3 Å². The molecular formula is C21H27FN4O2. The third-order valence-electron chi connectivity index (χ3n) is 4.02. The maximum atomic E-state index is 13.6. The molecule has 0 aromatic heterocycles. The van der Waals surface area contributed by atoms with E-state index in [1.807, 2.05) is 37.3 Å². The highest BCUT2D eigenvalue weighted by molar-refractivity contribution is 5.84. The minimum Gasteiger partial charge on any atom is -0.497 e. The van der Waals surface area contributed by atoms with Crippen LogP contribution in [-0.2, 0) is 17.8 Å². The van der Waals surface area contributed by atoms with E-state index in [4.69, 9.17) is 4.74 Å². The first-order valence-corrected chi connectivity index (χ1v) is 9.27. The highest BCUT2D eigenvalue weighted by atomic mass is 19.1. The summed E-state index contributed by atoms with van der Waals surface area (Å²) in [6.45, 7) is 3.55. The maximum Gasteiger partial charge on any atom is 0.242 e. The first-order valence-electron chi connectivity index (χ1n) is 9.27. The number of nitrogens with zero attached hydrogens (tertiary/aromatic N) is 1. The number of rotatable bonds is 9. The fraction of sp³-hybridized carbons (Fsp3) is 0.333. The van der Waals surface area contributed by atoms with Crippen LogP contribution in [0.4, 0.5) is 4.39 Å². The number of methoxy groups -OCH3 is 1. The van der Waals surface area contributed by atoms with Crippen LogP contribution >= 0.6 is 0 Å². The molecule has 0 saturated carbocycles. The van der Waals surface area contributed by atoms with Gasteiger partial charge < -0.3 is 20.7 Å². The normalized spacial score (nSPS) is 11.0.